The highest BCUT2D eigenvalue weighted by Crippen LogP contribution is 2.22. The number of benzene rings is 1. The average molecular weight is 311 g/mol. The second kappa shape index (κ2) is 7.54. The van der Waals surface area contributed by atoms with E-state index in [0.29, 0.717) is 11.4 Å². The van der Waals surface area contributed by atoms with Crippen molar-refractivity contribution in [3.63, 3.8) is 0 Å². The summed E-state index contributed by atoms with van der Waals surface area (Å²) >= 11 is 5.93. The fourth-order valence-electron chi connectivity index (χ4n) is 2.20. The molecule has 0 aliphatic carbocycles. The third-order valence-corrected chi connectivity index (χ3v) is 3.53. The summed E-state index contributed by atoms with van der Waals surface area (Å²) in [6.45, 7) is 1.58. The summed E-state index contributed by atoms with van der Waals surface area (Å²) in [7, 11) is 3.25. The summed E-state index contributed by atoms with van der Waals surface area (Å²) in [4.78, 5) is 15.3. The summed E-state index contributed by atoms with van der Waals surface area (Å²) in [5.41, 5.74) is 2.47. The number of imidazole rings is 1. The zero-order chi connectivity index (χ0) is 15.2. The molecule has 1 atom stereocenters. The SMILES string of the molecule is COC.O=Cc1ccc2nc(CCl)n(CC3CCO3)c2c1. The molecule has 114 valence electrons. The topological polar surface area (TPSA) is 53.3 Å². The molecule has 1 aliphatic heterocycles. The van der Waals surface area contributed by atoms with Crippen LogP contribution in [0.3, 0.4) is 0 Å². The highest BCUT2D eigenvalue weighted by Gasteiger charge is 2.21. The molecule has 5 nitrogen and oxygen atoms in total. The molecule has 1 aromatic heterocycles. The number of methoxy groups -OCH3 is 1. The van der Waals surface area contributed by atoms with Crippen LogP contribution in [-0.2, 0) is 21.9 Å². The largest absolute Gasteiger partial charge is 0.388 e. The standard InChI is InChI=1S/C13H13ClN2O2.C2H6O/c14-6-13-15-11-2-1-9(8-17)5-12(11)16(13)7-10-3-4-18-10;1-3-2/h1-2,5,8,10H,3-4,6-7H2;1-2H3. The van der Waals surface area contributed by atoms with Crippen LogP contribution < -0.4 is 0 Å². The average Bonchev–Trinajstić information content (AvgIpc) is 2.80. The molecule has 1 fully saturated rings. The molecule has 1 aliphatic rings. The van der Waals surface area contributed by atoms with Gasteiger partial charge in [-0.1, -0.05) is 0 Å². The smallest absolute Gasteiger partial charge is 0.150 e. The number of ether oxygens (including phenoxy) is 2. The number of hydrogen-bond acceptors (Lipinski definition) is 4. The summed E-state index contributed by atoms with van der Waals surface area (Å²) in [5.74, 6) is 1.18. The van der Waals surface area contributed by atoms with E-state index in [0.717, 1.165) is 42.7 Å². The number of rotatable bonds is 4. The van der Waals surface area contributed by atoms with E-state index >= 15 is 0 Å². The highest BCUT2D eigenvalue weighted by molar-refractivity contribution is 6.16. The lowest BCUT2D eigenvalue weighted by molar-refractivity contribution is -0.0589. The molecule has 1 unspecified atom stereocenters. The van der Waals surface area contributed by atoms with Gasteiger partial charge >= 0.3 is 0 Å². The maximum atomic E-state index is 10.8. The van der Waals surface area contributed by atoms with Crippen LogP contribution in [0, 0.1) is 0 Å². The molecule has 3 rings (SSSR count). The molecular weight excluding hydrogens is 292 g/mol. The van der Waals surface area contributed by atoms with Crippen LogP contribution in [0.2, 0.25) is 0 Å². The Hall–Kier alpha value is -1.43. The first-order valence-electron chi connectivity index (χ1n) is 6.75. The van der Waals surface area contributed by atoms with Gasteiger partial charge in [0.15, 0.2) is 0 Å². The predicted octanol–water partition coefficient (Wildman–Crippen LogP) is 2.64. The Kier molecular flexibility index (Phi) is 5.73. The van der Waals surface area contributed by atoms with Crippen LogP contribution in [0.5, 0.6) is 0 Å². The normalized spacial score (nSPS) is 17.0. The zero-order valence-electron chi connectivity index (χ0n) is 12.2. The Morgan fingerprint density at radius 3 is 2.76 bits per heavy atom. The van der Waals surface area contributed by atoms with Crippen molar-refractivity contribution < 1.29 is 14.3 Å². The Morgan fingerprint density at radius 1 is 1.52 bits per heavy atom. The second-order valence-corrected chi connectivity index (χ2v) is 5.10. The van der Waals surface area contributed by atoms with Crippen LogP contribution in [-0.4, -0.2) is 42.8 Å². The molecule has 0 radical (unpaired) electrons. The fourth-order valence-corrected chi connectivity index (χ4v) is 2.40. The lowest BCUT2D eigenvalue weighted by Gasteiger charge is -2.27. The van der Waals surface area contributed by atoms with E-state index in [-0.39, 0.29) is 6.10 Å². The Bertz CT molecular complexity index is 608. The molecule has 2 heterocycles. The number of nitrogens with zero attached hydrogens (tertiary/aromatic N) is 2. The molecule has 1 saturated heterocycles. The molecule has 0 amide bonds. The first-order valence-corrected chi connectivity index (χ1v) is 7.29. The summed E-state index contributed by atoms with van der Waals surface area (Å²) < 4.78 is 11.8. The van der Waals surface area contributed by atoms with Crippen molar-refractivity contribution >= 4 is 28.9 Å². The van der Waals surface area contributed by atoms with Gasteiger partial charge in [-0.05, 0) is 24.6 Å². The number of fused-ring (bicyclic) bond motifs is 1. The first-order chi connectivity index (χ1) is 10.2. The summed E-state index contributed by atoms with van der Waals surface area (Å²) in [5, 5.41) is 0. The molecule has 0 spiro atoms. The molecule has 2 aromatic rings. The minimum atomic E-state index is 0.240. The monoisotopic (exact) mass is 310 g/mol. The van der Waals surface area contributed by atoms with E-state index in [4.69, 9.17) is 16.3 Å². The van der Waals surface area contributed by atoms with E-state index in [2.05, 4.69) is 14.3 Å². The molecule has 0 saturated carbocycles. The van der Waals surface area contributed by atoms with Crippen molar-refractivity contribution in [1.29, 1.82) is 0 Å². The van der Waals surface area contributed by atoms with Gasteiger partial charge in [-0.3, -0.25) is 4.79 Å². The Morgan fingerprint density at radius 2 is 2.24 bits per heavy atom. The van der Waals surface area contributed by atoms with Crippen LogP contribution in [0.4, 0.5) is 0 Å². The van der Waals surface area contributed by atoms with Crippen molar-refractivity contribution in [3.8, 4) is 0 Å². The number of halogens is 1. The number of alkyl halides is 1. The number of aldehydes is 1. The van der Waals surface area contributed by atoms with E-state index in [1.807, 2.05) is 12.1 Å². The van der Waals surface area contributed by atoms with Crippen molar-refractivity contribution in [1.82, 2.24) is 9.55 Å². The lowest BCUT2D eigenvalue weighted by Crippen LogP contribution is -2.31. The van der Waals surface area contributed by atoms with Gasteiger partial charge in [-0.25, -0.2) is 4.98 Å². The number of hydrogen-bond donors (Lipinski definition) is 0. The third kappa shape index (κ3) is 3.61. The van der Waals surface area contributed by atoms with E-state index in [9.17, 15) is 4.79 Å². The summed E-state index contributed by atoms with van der Waals surface area (Å²) in [6.07, 6.45) is 2.15. The number of aromatic nitrogens is 2. The molecule has 6 heteroatoms. The van der Waals surface area contributed by atoms with Crippen LogP contribution in [0.15, 0.2) is 18.2 Å². The maximum Gasteiger partial charge on any atom is 0.150 e. The minimum Gasteiger partial charge on any atom is -0.388 e. The van der Waals surface area contributed by atoms with Gasteiger partial charge < -0.3 is 14.0 Å². The van der Waals surface area contributed by atoms with Crippen LogP contribution in [0.25, 0.3) is 11.0 Å². The Labute approximate surface area is 128 Å². The molecule has 0 bridgehead atoms. The van der Waals surface area contributed by atoms with Crippen LogP contribution in [0.1, 0.15) is 22.6 Å². The zero-order valence-corrected chi connectivity index (χ0v) is 13.0. The fraction of sp³-hybridized carbons (Fsp3) is 0.467. The minimum absolute atomic E-state index is 0.240. The van der Waals surface area contributed by atoms with Crippen molar-refractivity contribution in [3.05, 3.63) is 29.6 Å². The van der Waals surface area contributed by atoms with E-state index < -0.39 is 0 Å². The summed E-state index contributed by atoms with van der Waals surface area (Å²) in [6, 6.07) is 5.47. The number of carbonyl (C=O) groups is 1. The van der Waals surface area contributed by atoms with Crippen molar-refractivity contribution in [2.45, 2.75) is 24.9 Å². The van der Waals surface area contributed by atoms with Gasteiger partial charge in [-0.2, -0.15) is 0 Å². The van der Waals surface area contributed by atoms with E-state index in [1.54, 1.807) is 20.3 Å². The van der Waals surface area contributed by atoms with Gasteiger partial charge in [0, 0.05) is 26.4 Å². The van der Waals surface area contributed by atoms with Gasteiger partial charge in [0.05, 0.1) is 29.6 Å². The first kappa shape index (κ1) is 15.9. The maximum absolute atomic E-state index is 10.8. The second-order valence-electron chi connectivity index (χ2n) is 4.83. The quantitative estimate of drug-likeness (QED) is 0.643. The van der Waals surface area contributed by atoms with Crippen molar-refractivity contribution in [2.75, 3.05) is 20.8 Å². The van der Waals surface area contributed by atoms with Gasteiger partial charge in [0.2, 0.25) is 0 Å². The third-order valence-electron chi connectivity index (χ3n) is 3.29. The lowest BCUT2D eigenvalue weighted by atomic mass is 10.2. The van der Waals surface area contributed by atoms with Crippen LogP contribution >= 0.6 is 11.6 Å². The Balaban J connectivity index is 0.000000497. The van der Waals surface area contributed by atoms with Gasteiger partial charge in [0.25, 0.3) is 0 Å². The number of carbonyl (C=O) groups excluding carboxylic acids is 1. The highest BCUT2D eigenvalue weighted by atomic mass is 35.5. The predicted molar refractivity (Wildman–Crippen MR) is 82.0 cm³/mol. The molecule has 1 aromatic carbocycles. The van der Waals surface area contributed by atoms with Gasteiger partial charge in [0.1, 0.15) is 12.1 Å². The molecule has 0 N–H and O–H groups in total. The molecule has 21 heavy (non-hydrogen) atoms. The molecular formula is C15H19ClN2O3. The van der Waals surface area contributed by atoms with Gasteiger partial charge in [-0.15, -0.1) is 11.6 Å². The van der Waals surface area contributed by atoms with Crippen molar-refractivity contribution in [2.24, 2.45) is 0 Å². The van der Waals surface area contributed by atoms with E-state index in [1.165, 1.54) is 0 Å².